The summed E-state index contributed by atoms with van der Waals surface area (Å²) in [7, 11) is 0. The minimum Gasteiger partial charge on any atom is -0.394 e. The molecule has 20 heavy (non-hydrogen) atoms. The van der Waals surface area contributed by atoms with Crippen molar-refractivity contribution in [1.82, 2.24) is 5.32 Å². The van der Waals surface area contributed by atoms with E-state index in [9.17, 15) is 5.11 Å². The van der Waals surface area contributed by atoms with Crippen molar-refractivity contribution in [3.05, 3.63) is 60.2 Å². The normalized spacial score (nSPS) is 13.9. The molecule has 0 aliphatic rings. The maximum atomic E-state index is 9.69. The van der Waals surface area contributed by atoms with Crippen LogP contribution in [0, 0.1) is 0 Å². The molecular formula is C18H23NO. The molecule has 0 aliphatic carbocycles. The molecule has 2 rings (SSSR count). The highest BCUT2D eigenvalue weighted by Crippen LogP contribution is 2.25. The smallest absolute Gasteiger partial charge is 0.0652 e. The van der Waals surface area contributed by atoms with Crippen molar-refractivity contribution < 1.29 is 5.11 Å². The van der Waals surface area contributed by atoms with Crippen molar-refractivity contribution >= 4 is 0 Å². The Hall–Kier alpha value is -1.64. The zero-order valence-corrected chi connectivity index (χ0v) is 12.3. The molecule has 0 radical (unpaired) electrons. The van der Waals surface area contributed by atoms with Crippen molar-refractivity contribution in [3.63, 3.8) is 0 Å². The van der Waals surface area contributed by atoms with Gasteiger partial charge in [0.05, 0.1) is 12.1 Å². The van der Waals surface area contributed by atoms with Gasteiger partial charge in [0, 0.05) is 0 Å². The molecule has 0 aliphatic heterocycles. The van der Waals surface area contributed by atoms with E-state index in [0.717, 1.165) is 18.5 Å². The van der Waals surface area contributed by atoms with Crippen LogP contribution in [-0.2, 0) is 5.54 Å². The lowest BCUT2D eigenvalue weighted by Gasteiger charge is -2.29. The van der Waals surface area contributed by atoms with Gasteiger partial charge in [0.25, 0.3) is 0 Å². The van der Waals surface area contributed by atoms with E-state index in [1.54, 1.807) is 0 Å². The van der Waals surface area contributed by atoms with E-state index in [1.165, 1.54) is 11.1 Å². The predicted molar refractivity (Wildman–Crippen MR) is 84.6 cm³/mol. The van der Waals surface area contributed by atoms with Crippen LogP contribution in [0.15, 0.2) is 54.6 Å². The molecule has 0 bridgehead atoms. The predicted octanol–water partition coefficient (Wildman–Crippen LogP) is 3.56. The van der Waals surface area contributed by atoms with E-state index in [2.05, 4.69) is 48.6 Å². The molecule has 0 heterocycles. The molecule has 0 fully saturated rings. The molecule has 2 N–H and O–H groups in total. The summed E-state index contributed by atoms with van der Waals surface area (Å²) < 4.78 is 0. The zero-order chi connectivity index (χ0) is 14.4. The van der Waals surface area contributed by atoms with Crippen molar-refractivity contribution in [3.8, 4) is 11.1 Å². The van der Waals surface area contributed by atoms with Crippen LogP contribution in [0.2, 0.25) is 0 Å². The Morgan fingerprint density at radius 1 is 0.950 bits per heavy atom. The Morgan fingerprint density at radius 3 is 2.10 bits per heavy atom. The molecule has 106 valence electrons. The summed E-state index contributed by atoms with van der Waals surface area (Å²) in [5.41, 5.74) is 3.16. The number of hydrogen-bond acceptors (Lipinski definition) is 2. The molecule has 2 heteroatoms. The maximum absolute atomic E-state index is 9.69. The lowest BCUT2D eigenvalue weighted by Crippen LogP contribution is -2.43. The van der Waals surface area contributed by atoms with Gasteiger partial charge in [0.1, 0.15) is 0 Å². The van der Waals surface area contributed by atoms with Crippen LogP contribution in [0.3, 0.4) is 0 Å². The zero-order valence-electron chi connectivity index (χ0n) is 12.3. The minimum absolute atomic E-state index is 0.0949. The van der Waals surface area contributed by atoms with Crippen molar-refractivity contribution in [2.45, 2.75) is 25.8 Å². The second kappa shape index (κ2) is 6.69. The van der Waals surface area contributed by atoms with Gasteiger partial charge < -0.3 is 10.4 Å². The average molecular weight is 269 g/mol. The maximum Gasteiger partial charge on any atom is 0.0652 e. The van der Waals surface area contributed by atoms with E-state index in [-0.39, 0.29) is 12.1 Å². The first-order valence-corrected chi connectivity index (χ1v) is 7.21. The first-order valence-electron chi connectivity index (χ1n) is 7.21. The molecule has 1 atom stereocenters. The highest BCUT2D eigenvalue weighted by molar-refractivity contribution is 5.63. The van der Waals surface area contributed by atoms with Crippen molar-refractivity contribution in [2.75, 3.05) is 13.2 Å². The second-order valence-corrected chi connectivity index (χ2v) is 5.36. The largest absolute Gasteiger partial charge is 0.394 e. The number of nitrogens with one attached hydrogen (secondary N) is 1. The Bertz CT molecular complexity index is 521. The summed E-state index contributed by atoms with van der Waals surface area (Å²) in [6.07, 6.45) is 1.05. The first-order chi connectivity index (χ1) is 9.69. The molecular weight excluding hydrogens is 246 g/mol. The first kappa shape index (κ1) is 14.8. The fourth-order valence-electron chi connectivity index (χ4n) is 2.31. The quantitative estimate of drug-likeness (QED) is 0.840. The van der Waals surface area contributed by atoms with Gasteiger partial charge in [0.15, 0.2) is 0 Å². The highest BCUT2D eigenvalue weighted by atomic mass is 16.3. The third-order valence-corrected chi connectivity index (χ3v) is 3.71. The van der Waals surface area contributed by atoms with E-state index < -0.39 is 0 Å². The molecule has 0 saturated heterocycles. The van der Waals surface area contributed by atoms with Gasteiger partial charge >= 0.3 is 0 Å². The lowest BCUT2D eigenvalue weighted by atomic mass is 9.91. The van der Waals surface area contributed by atoms with Gasteiger partial charge in [-0.25, -0.2) is 0 Å². The number of aliphatic hydroxyl groups excluding tert-OH is 1. The molecule has 0 amide bonds. The highest BCUT2D eigenvalue weighted by Gasteiger charge is 2.24. The fourth-order valence-corrected chi connectivity index (χ4v) is 2.31. The van der Waals surface area contributed by atoms with Crippen LogP contribution in [-0.4, -0.2) is 18.3 Å². The second-order valence-electron chi connectivity index (χ2n) is 5.36. The summed E-state index contributed by atoms with van der Waals surface area (Å²) in [6.45, 7) is 5.17. The summed E-state index contributed by atoms with van der Waals surface area (Å²) >= 11 is 0. The SMILES string of the molecule is CCCNC(C)(CO)c1ccc(-c2ccccc2)cc1. The van der Waals surface area contributed by atoms with Crippen LogP contribution in [0.5, 0.6) is 0 Å². The standard InChI is InChI=1S/C18H23NO/c1-3-13-19-18(2,14-20)17-11-9-16(10-12-17)15-7-5-4-6-8-15/h4-12,19-20H,3,13-14H2,1-2H3. The monoisotopic (exact) mass is 269 g/mol. The van der Waals surface area contributed by atoms with E-state index in [4.69, 9.17) is 0 Å². The molecule has 1 unspecified atom stereocenters. The van der Waals surface area contributed by atoms with Gasteiger partial charge in [-0.1, -0.05) is 61.5 Å². The summed E-state index contributed by atoms with van der Waals surface area (Å²) in [4.78, 5) is 0. The van der Waals surface area contributed by atoms with Crippen LogP contribution in [0.1, 0.15) is 25.8 Å². The molecule has 0 aromatic heterocycles. The van der Waals surface area contributed by atoms with Crippen LogP contribution in [0.4, 0.5) is 0 Å². The summed E-state index contributed by atoms with van der Waals surface area (Å²) in [5.74, 6) is 0. The van der Waals surface area contributed by atoms with Crippen LogP contribution >= 0.6 is 0 Å². The van der Waals surface area contributed by atoms with Crippen molar-refractivity contribution in [2.24, 2.45) is 0 Å². The molecule has 2 nitrogen and oxygen atoms in total. The molecule has 0 spiro atoms. The van der Waals surface area contributed by atoms with Crippen LogP contribution in [0.25, 0.3) is 11.1 Å². The number of benzene rings is 2. The Morgan fingerprint density at radius 2 is 1.55 bits per heavy atom. The van der Waals surface area contributed by atoms with Crippen LogP contribution < -0.4 is 5.32 Å². The molecule has 0 saturated carbocycles. The topological polar surface area (TPSA) is 32.3 Å². The number of aliphatic hydroxyl groups is 1. The fraction of sp³-hybridized carbons (Fsp3) is 0.333. The van der Waals surface area contributed by atoms with Gasteiger partial charge in [-0.3, -0.25) is 0 Å². The van der Waals surface area contributed by atoms with Crippen molar-refractivity contribution in [1.29, 1.82) is 0 Å². The Labute approximate surface area is 121 Å². The Kier molecular flexibility index (Phi) is 4.94. The third kappa shape index (κ3) is 3.27. The molecule has 2 aromatic rings. The van der Waals surface area contributed by atoms with Gasteiger partial charge in [-0.2, -0.15) is 0 Å². The number of hydrogen-bond donors (Lipinski definition) is 2. The summed E-state index contributed by atoms with van der Waals surface area (Å²) in [5, 5.41) is 13.1. The van der Waals surface area contributed by atoms with E-state index in [1.807, 2.05) is 25.1 Å². The number of rotatable bonds is 6. The summed E-state index contributed by atoms with van der Waals surface area (Å²) in [6, 6.07) is 18.8. The van der Waals surface area contributed by atoms with Gasteiger partial charge in [0.2, 0.25) is 0 Å². The average Bonchev–Trinajstić information content (AvgIpc) is 2.53. The van der Waals surface area contributed by atoms with E-state index in [0.29, 0.717) is 0 Å². The van der Waals surface area contributed by atoms with Gasteiger partial charge in [-0.15, -0.1) is 0 Å². The molecule has 2 aromatic carbocycles. The van der Waals surface area contributed by atoms with Gasteiger partial charge in [-0.05, 0) is 36.6 Å². The Balaban J connectivity index is 2.23. The third-order valence-electron chi connectivity index (χ3n) is 3.71. The van der Waals surface area contributed by atoms with E-state index >= 15 is 0 Å². The minimum atomic E-state index is -0.370. The lowest BCUT2D eigenvalue weighted by molar-refractivity contribution is 0.175.